The number of piperazine rings is 1. The number of aromatic nitrogens is 1. The van der Waals surface area contributed by atoms with Gasteiger partial charge >= 0.3 is 6.18 Å². The van der Waals surface area contributed by atoms with Crippen molar-refractivity contribution in [2.24, 2.45) is 0 Å². The van der Waals surface area contributed by atoms with E-state index in [1.807, 2.05) is 24.9 Å². The van der Waals surface area contributed by atoms with Crippen LogP contribution in [0.4, 0.5) is 13.2 Å². The number of pyridine rings is 1. The third-order valence-electron chi connectivity index (χ3n) is 8.11. The van der Waals surface area contributed by atoms with Gasteiger partial charge in [0.25, 0.3) is 5.91 Å². The highest BCUT2D eigenvalue weighted by Crippen LogP contribution is 2.39. The Morgan fingerprint density at radius 1 is 1.18 bits per heavy atom. The predicted octanol–water partition coefficient (Wildman–Crippen LogP) is 3.43. The Labute approximate surface area is 233 Å². The van der Waals surface area contributed by atoms with Gasteiger partial charge in [-0.3, -0.25) is 14.7 Å². The van der Waals surface area contributed by atoms with Crippen LogP contribution in [-0.4, -0.2) is 101 Å². The number of likely N-dealkylation sites (N-methyl/N-ethyl adjacent to an activating group) is 1. The molecular formula is C29H39F3N4O4. The second-order valence-electron chi connectivity index (χ2n) is 10.9. The van der Waals surface area contributed by atoms with Gasteiger partial charge in [0.15, 0.2) is 0 Å². The van der Waals surface area contributed by atoms with Crippen molar-refractivity contribution in [1.82, 2.24) is 19.7 Å². The molecule has 220 valence electrons. The molecule has 0 radical (unpaired) electrons. The van der Waals surface area contributed by atoms with Crippen molar-refractivity contribution in [2.45, 2.75) is 57.5 Å². The minimum Gasteiger partial charge on any atom is -0.491 e. The molecule has 0 unspecified atom stereocenters. The Morgan fingerprint density at radius 2 is 1.95 bits per heavy atom. The first-order valence-electron chi connectivity index (χ1n) is 13.8. The van der Waals surface area contributed by atoms with Crippen LogP contribution in [0.25, 0.3) is 0 Å². The molecule has 1 amide bonds. The smallest absolute Gasteiger partial charge is 0.433 e. The Hall–Kier alpha value is -2.73. The number of nitrogens with zero attached hydrogens (tertiary/aromatic N) is 4. The second kappa shape index (κ2) is 12.8. The zero-order chi connectivity index (χ0) is 29.0. The number of amides is 1. The maximum absolute atomic E-state index is 13.1. The molecule has 0 aliphatic carbocycles. The van der Waals surface area contributed by atoms with Gasteiger partial charge in [-0.2, -0.15) is 13.2 Å². The third kappa shape index (κ3) is 6.94. The molecule has 2 N–H and O–H groups in total. The van der Waals surface area contributed by atoms with E-state index in [0.29, 0.717) is 32.7 Å². The number of hydrogen-bond donors (Lipinski definition) is 2. The number of aliphatic hydroxyl groups is 2. The number of piperidine rings is 1. The Balaban J connectivity index is 1.40. The monoisotopic (exact) mass is 564 g/mol. The van der Waals surface area contributed by atoms with Gasteiger partial charge in [-0.05, 0) is 75.0 Å². The van der Waals surface area contributed by atoms with E-state index in [-0.39, 0.29) is 36.8 Å². The molecule has 1 aromatic carbocycles. The highest BCUT2D eigenvalue weighted by atomic mass is 19.4. The van der Waals surface area contributed by atoms with Crippen LogP contribution in [-0.2, 0) is 6.18 Å². The van der Waals surface area contributed by atoms with Crippen molar-refractivity contribution >= 4 is 5.91 Å². The summed E-state index contributed by atoms with van der Waals surface area (Å²) in [6.45, 7) is 6.90. The van der Waals surface area contributed by atoms with Crippen molar-refractivity contribution in [3.05, 3.63) is 58.4 Å². The van der Waals surface area contributed by atoms with Crippen LogP contribution < -0.4 is 4.74 Å². The van der Waals surface area contributed by atoms with Crippen LogP contribution >= 0.6 is 0 Å². The number of aliphatic hydroxyl groups excluding tert-OH is 2. The lowest BCUT2D eigenvalue weighted by molar-refractivity contribution is -0.141. The Morgan fingerprint density at radius 3 is 2.62 bits per heavy atom. The molecule has 40 heavy (non-hydrogen) atoms. The molecule has 2 saturated heterocycles. The SMILES string of the molecule is Cc1c(OC[C@@H](O)CN(C)CCO)ccc([C@H]2CCC[C@H]3CN(C(=O)c4ccc(C(F)(F)F)nc4)CCN32)c1C. The highest BCUT2D eigenvalue weighted by molar-refractivity contribution is 5.94. The van der Waals surface area contributed by atoms with Gasteiger partial charge in [-0.1, -0.05) is 6.07 Å². The van der Waals surface area contributed by atoms with Crippen molar-refractivity contribution in [1.29, 1.82) is 0 Å². The summed E-state index contributed by atoms with van der Waals surface area (Å²) in [6, 6.07) is 6.49. The van der Waals surface area contributed by atoms with E-state index < -0.39 is 18.0 Å². The minimum absolute atomic E-state index is 0.0356. The standard InChI is InChI=1S/C29H39F3N4O4/c1-19-20(2)26(40-18-23(38)17-34(3)13-14-37)9-8-24(19)25-6-4-5-22-16-35(11-12-36(22)25)28(39)21-7-10-27(33-15-21)29(30,31)32/h7-10,15,22-23,25,37-38H,4-6,11-14,16-18H2,1-3H3/t22-,23-,25+/m0/s1. The number of alkyl halides is 3. The molecule has 2 aromatic rings. The normalized spacial score (nSPS) is 20.9. The van der Waals surface area contributed by atoms with Crippen molar-refractivity contribution < 1.29 is 32.9 Å². The average Bonchev–Trinajstić information content (AvgIpc) is 2.92. The summed E-state index contributed by atoms with van der Waals surface area (Å²) in [5.74, 6) is 0.444. The van der Waals surface area contributed by atoms with Crippen molar-refractivity contribution in [2.75, 3.05) is 53.0 Å². The molecule has 0 bridgehead atoms. The van der Waals surface area contributed by atoms with Gasteiger partial charge in [-0.25, -0.2) is 0 Å². The molecule has 11 heteroatoms. The van der Waals surface area contributed by atoms with Gasteiger partial charge < -0.3 is 24.7 Å². The number of carbonyl (C=O) groups excluding carboxylic acids is 1. The molecule has 8 nitrogen and oxygen atoms in total. The molecule has 3 heterocycles. The number of ether oxygens (including phenoxy) is 1. The Bertz CT molecular complexity index is 1160. The molecule has 0 saturated carbocycles. The summed E-state index contributed by atoms with van der Waals surface area (Å²) in [5, 5.41) is 19.3. The maximum atomic E-state index is 13.1. The van der Waals surface area contributed by atoms with Crippen LogP contribution in [0, 0.1) is 13.8 Å². The first kappa shape index (κ1) is 30.2. The zero-order valence-electron chi connectivity index (χ0n) is 23.3. The van der Waals surface area contributed by atoms with Crippen LogP contribution in [0.15, 0.2) is 30.5 Å². The molecule has 4 rings (SSSR count). The predicted molar refractivity (Wildman–Crippen MR) is 144 cm³/mol. The third-order valence-corrected chi connectivity index (χ3v) is 8.11. The van der Waals surface area contributed by atoms with Crippen LogP contribution in [0.1, 0.15) is 58.0 Å². The number of rotatable bonds is 9. The lowest BCUT2D eigenvalue weighted by atomic mass is 9.86. The summed E-state index contributed by atoms with van der Waals surface area (Å²) < 4.78 is 44.5. The topological polar surface area (TPSA) is 89.4 Å². The number of halogens is 3. The second-order valence-corrected chi connectivity index (χ2v) is 10.9. The molecule has 2 aliphatic rings. The summed E-state index contributed by atoms with van der Waals surface area (Å²) in [6.07, 6.45) is -1.22. The van der Waals surface area contributed by atoms with E-state index in [2.05, 4.69) is 22.9 Å². The van der Waals surface area contributed by atoms with E-state index in [1.54, 1.807) is 4.90 Å². The van der Waals surface area contributed by atoms with Crippen molar-refractivity contribution in [3.8, 4) is 5.75 Å². The van der Waals surface area contributed by atoms with Crippen LogP contribution in [0.5, 0.6) is 5.75 Å². The highest BCUT2D eigenvalue weighted by Gasteiger charge is 2.38. The van der Waals surface area contributed by atoms with E-state index in [1.165, 1.54) is 11.6 Å². The van der Waals surface area contributed by atoms with Gasteiger partial charge in [0, 0.05) is 51.0 Å². The van der Waals surface area contributed by atoms with Gasteiger partial charge in [0.05, 0.1) is 12.2 Å². The summed E-state index contributed by atoms with van der Waals surface area (Å²) in [4.78, 5) is 22.6. The molecule has 0 spiro atoms. The fourth-order valence-corrected chi connectivity index (χ4v) is 5.83. The van der Waals surface area contributed by atoms with Gasteiger partial charge in [0.1, 0.15) is 24.2 Å². The molecular weight excluding hydrogens is 525 g/mol. The van der Waals surface area contributed by atoms with E-state index in [0.717, 1.165) is 48.4 Å². The summed E-state index contributed by atoms with van der Waals surface area (Å²) in [5.41, 5.74) is 2.56. The fraction of sp³-hybridized carbons (Fsp3) is 0.586. The molecule has 2 aliphatic heterocycles. The lowest BCUT2D eigenvalue weighted by Crippen LogP contribution is -2.57. The van der Waals surface area contributed by atoms with Crippen LogP contribution in [0.2, 0.25) is 0 Å². The first-order chi connectivity index (χ1) is 19.0. The number of benzene rings is 1. The van der Waals surface area contributed by atoms with Crippen LogP contribution in [0.3, 0.4) is 0 Å². The summed E-state index contributed by atoms with van der Waals surface area (Å²) in [7, 11) is 1.84. The molecule has 3 atom stereocenters. The largest absolute Gasteiger partial charge is 0.491 e. The van der Waals surface area contributed by atoms with E-state index in [4.69, 9.17) is 9.84 Å². The molecule has 2 fully saturated rings. The Kier molecular flexibility index (Phi) is 9.71. The number of carbonyl (C=O) groups is 1. The zero-order valence-corrected chi connectivity index (χ0v) is 23.3. The summed E-state index contributed by atoms with van der Waals surface area (Å²) >= 11 is 0. The lowest BCUT2D eigenvalue weighted by Gasteiger charge is -2.48. The number of hydrogen-bond acceptors (Lipinski definition) is 7. The van der Waals surface area contributed by atoms with E-state index >= 15 is 0 Å². The number of fused-ring (bicyclic) bond motifs is 1. The van der Waals surface area contributed by atoms with Gasteiger partial charge in [-0.15, -0.1) is 0 Å². The molecule has 1 aromatic heterocycles. The fourth-order valence-electron chi connectivity index (χ4n) is 5.83. The average molecular weight is 565 g/mol. The minimum atomic E-state index is -4.54. The quantitative estimate of drug-likeness (QED) is 0.483. The maximum Gasteiger partial charge on any atom is 0.433 e. The van der Waals surface area contributed by atoms with Gasteiger partial charge in [0.2, 0.25) is 0 Å². The van der Waals surface area contributed by atoms with Crippen molar-refractivity contribution in [3.63, 3.8) is 0 Å². The van der Waals surface area contributed by atoms with E-state index in [9.17, 15) is 23.1 Å². The first-order valence-corrected chi connectivity index (χ1v) is 13.8.